The molecule has 7 heteroatoms. The Morgan fingerprint density at radius 2 is 2.11 bits per heavy atom. The standard InChI is InChI=1S/C11H15ClN4O2/c1-3-18-10-5-8(12)7(4-9(10)17-2)6-15-16-11(13)14/h4-6H,3H2,1-2H3,(H4,13,14,16). The van der Waals surface area contributed by atoms with E-state index in [0.29, 0.717) is 28.7 Å². The molecule has 0 amide bonds. The Hall–Kier alpha value is -1.95. The lowest BCUT2D eigenvalue weighted by atomic mass is 10.2. The van der Waals surface area contributed by atoms with Crippen molar-refractivity contribution in [2.75, 3.05) is 13.7 Å². The number of hydrogen-bond donors (Lipinski definition) is 2. The molecule has 0 atom stereocenters. The molecule has 18 heavy (non-hydrogen) atoms. The van der Waals surface area contributed by atoms with Crippen LogP contribution in [-0.2, 0) is 0 Å². The van der Waals surface area contributed by atoms with Gasteiger partial charge in [-0.3, -0.25) is 0 Å². The van der Waals surface area contributed by atoms with Gasteiger partial charge in [-0.2, -0.15) is 5.10 Å². The number of rotatable bonds is 5. The van der Waals surface area contributed by atoms with Crippen molar-refractivity contribution in [2.45, 2.75) is 6.92 Å². The zero-order chi connectivity index (χ0) is 13.5. The molecule has 0 unspecified atom stereocenters. The van der Waals surface area contributed by atoms with E-state index in [1.54, 1.807) is 19.2 Å². The maximum Gasteiger partial charge on any atom is 0.211 e. The molecule has 0 aliphatic heterocycles. The molecule has 0 aliphatic rings. The Labute approximate surface area is 110 Å². The minimum atomic E-state index is -0.125. The van der Waals surface area contributed by atoms with Crippen LogP contribution in [0.2, 0.25) is 5.02 Å². The highest BCUT2D eigenvalue weighted by molar-refractivity contribution is 6.33. The van der Waals surface area contributed by atoms with Crippen LogP contribution < -0.4 is 20.9 Å². The molecule has 0 aromatic heterocycles. The van der Waals surface area contributed by atoms with E-state index in [1.807, 2.05) is 6.92 Å². The third kappa shape index (κ3) is 3.81. The molecule has 1 aromatic carbocycles. The zero-order valence-electron chi connectivity index (χ0n) is 10.2. The van der Waals surface area contributed by atoms with Gasteiger partial charge in [-0.1, -0.05) is 11.6 Å². The molecule has 0 heterocycles. The highest BCUT2D eigenvalue weighted by Crippen LogP contribution is 2.32. The van der Waals surface area contributed by atoms with Crippen molar-refractivity contribution in [3.05, 3.63) is 22.7 Å². The highest BCUT2D eigenvalue weighted by Gasteiger charge is 2.08. The molecule has 1 aromatic rings. The van der Waals surface area contributed by atoms with Crippen LogP contribution in [0.1, 0.15) is 12.5 Å². The van der Waals surface area contributed by atoms with Gasteiger partial charge in [0.1, 0.15) is 0 Å². The maximum absolute atomic E-state index is 6.07. The first-order chi connectivity index (χ1) is 8.58. The van der Waals surface area contributed by atoms with Crippen LogP contribution in [0.5, 0.6) is 11.5 Å². The summed E-state index contributed by atoms with van der Waals surface area (Å²) in [7, 11) is 1.54. The second-order valence-corrected chi connectivity index (χ2v) is 3.63. The number of benzene rings is 1. The highest BCUT2D eigenvalue weighted by atomic mass is 35.5. The van der Waals surface area contributed by atoms with Gasteiger partial charge < -0.3 is 20.9 Å². The van der Waals surface area contributed by atoms with Gasteiger partial charge in [-0.25, -0.2) is 0 Å². The van der Waals surface area contributed by atoms with Crippen molar-refractivity contribution in [1.29, 1.82) is 0 Å². The van der Waals surface area contributed by atoms with E-state index in [-0.39, 0.29) is 5.96 Å². The Morgan fingerprint density at radius 1 is 1.39 bits per heavy atom. The number of nitrogens with two attached hydrogens (primary N) is 2. The second kappa shape index (κ2) is 6.70. The van der Waals surface area contributed by atoms with Crippen molar-refractivity contribution in [3.8, 4) is 11.5 Å². The van der Waals surface area contributed by atoms with E-state index in [4.69, 9.17) is 32.5 Å². The smallest absolute Gasteiger partial charge is 0.211 e. The SMILES string of the molecule is CCOc1cc(Cl)c(C=NN=C(N)N)cc1OC. The second-order valence-electron chi connectivity index (χ2n) is 3.23. The molecule has 6 nitrogen and oxygen atoms in total. The average molecular weight is 271 g/mol. The summed E-state index contributed by atoms with van der Waals surface area (Å²) in [5.74, 6) is 1.01. The van der Waals surface area contributed by atoms with Crippen LogP contribution in [-0.4, -0.2) is 25.9 Å². The van der Waals surface area contributed by atoms with Gasteiger partial charge in [0.25, 0.3) is 0 Å². The van der Waals surface area contributed by atoms with E-state index >= 15 is 0 Å². The molecule has 0 spiro atoms. The van der Waals surface area contributed by atoms with Gasteiger partial charge in [-0.15, -0.1) is 5.10 Å². The summed E-state index contributed by atoms with van der Waals surface area (Å²) in [4.78, 5) is 0. The van der Waals surface area contributed by atoms with Crippen molar-refractivity contribution >= 4 is 23.8 Å². The topological polar surface area (TPSA) is 95.2 Å². The quantitative estimate of drug-likeness (QED) is 0.480. The molecule has 0 radical (unpaired) electrons. The Morgan fingerprint density at radius 3 is 2.67 bits per heavy atom. The molecule has 0 saturated heterocycles. The van der Waals surface area contributed by atoms with Gasteiger partial charge >= 0.3 is 0 Å². The monoisotopic (exact) mass is 270 g/mol. The number of ether oxygens (including phenoxy) is 2. The minimum Gasteiger partial charge on any atom is -0.493 e. The van der Waals surface area contributed by atoms with Crippen molar-refractivity contribution in [1.82, 2.24) is 0 Å². The number of guanidine groups is 1. The van der Waals surface area contributed by atoms with E-state index in [2.05, 4.69) is 10.2 Å². The average Bonchev–Trinajstić information content (AvgIpc) is 2.32. The number of methoxy groups -OCH3 is 1. The molecule has 1 rings (SSSR count). The van der Waals surface area contributed by atoms with E-state index in [9.17, 15) is 0 Å². The molecule has 0 aliphatic carbocycles. The third-order valence-corrected chi connectivity index (χ3v) is 2.28. The third-order valence-electron chi connectivity index (χ3n) is 1.95. The summed E-state index contributed by atoms with van der Waals surface area (Å²) >= 11 is 6.07. The summed E-state index contributed by atoms with van der Waals surface area (Å²) in [6.07, 6.45) is 1.43. The predicted octanol–water partition coefficient (Wildman–Crippen LogP) is 1.35. The summed E-state index contributed by atoms with van der Waals surface area (Å²) < 4.78 is 10.6. The molecule has 0 fully saturated rings. The Bertz CT molecular complexity index is 470. The van der Waals surface area contributed by atoms with Gasteiger partial charge in [0, 0.05) is 11.6 Å². The van der Waals surface area contributed by atoms with Crippen LogP contribution >= 0.6 is 11.6 Å². The van der Waals surface area contributed by atoms with Crippen LogP contribution in [0, 0.1) is 0 Å². The molecule has 0 bridgehead atoms. The Kier molecular flexibility index (Phi) is 5.26. The molecular weight excluding hydrogens is 256 g/mol. The number of halogens is 1. The summed E-state index contributed by atoms with van der Waals surface area (Å²) in [6.45, 7) is 2.40. The van der Waals surface area contributed by atoms with Gasteiger partial charge in [0.05, 0.1) is 25.0 Å². The summed E-state index contributed by atoms with van der Waals surface area (Å²) in [5.41, 5.74) is 10.9. The van der Waals surface area contributed by atoms with Crippen molar-refractivity contribution < 1.29 is 9.47 Å². The lowest BCUT2D eigenvalue weighted by Gasteiger charge is -2.10. The first-order valence-corrected chi connectivity index (χ1v) is 5.58. The van der Waals surface area contributed by atoms with Crippen LogP contribution in [0.3, 0.4) is 0 Å². The normalized spacial score (nSPS) is 10.4. The summed E-state index contributed by atoms with van der Waals surface area (Å²) in [5, 5.41) is 7.64. The fourth-order valence-electron chi connectivity index (χ4n) is 1.24. The van der Waals surface area contributed by atoms with Crippen LogP contribution in [0.15, 0.2) is 22.3 Å². The number of nitrogens with zero attached hydrogens (tertiary/aromatic N) is 2. The van der Waals surface area contributed by atoms with Crippen LogP contribution in [0.25, 0.3) is 0 Å². The van der Waals surface area contributed by atoms with Gasteiger partial charge in [0.15, 0.2) is 11.5 Å². The number of hydrogen-bond acceptors (Lipinski definition) is 4. The van der Waals surface area contributed by atoms with Crippen molar-refractivity contribution in [3.63, 3.8) is 0 Å². The van der Waals surface area contributed by atoms with Crippen LogP contribution in [0.4, 0.5) is 0 Å². The maximum atomic E-state index is 6.07. The fourth-order valence-corrected chi connectivity index (χ4v) is 1.44. The summed E-state index contributed by atoms with van der Waals surface area (Å²) in [6, 6.07) is 3.35. The van der Waals surface area contributed by atoms with Crippen molar-refractivity contribution in [2.24, 2.45) is 21.7 Å². The first-order valence-electron chi connectivity index (χ1n) is 5.20. The van der Waals surface area contributed by atoms with E-state index in [0.717, 1.165) is 0 Å². The lowest BCUT2D eigenvalue weighted by Crippen LogP contribution is -2.21. The first kappa shape index (κ1) is 14.1. The van der Waals surface area contributed by atoms with Gasteiger partial charge in [-0.05, 0) is 13.0 Å². The Balaban J connectivity index is 3.07. The molecule has 4 N–H and O–H groups in total. The molecule has 0 saturated carbocycles. The van der Waals surface area contributed by atoms with E-state index in [1.165, 1.54) is 6.21 Å². The fraction of sp³-hybridized carbons (Fsp3) is 0.273. The molecule has 98 valence electrons. The van der Waals surface area contributed by atoms with E-state index < -0.39 is 0 Å². The molecular formula is C11H15ClN4O2. The largest absolute Gasteiger partial charge is 0.493 e. The lowest BCUT2D eigenvalue weighted by molar-refractivity contribution is 0.311. The van der Waals surface area contributed by atoms with Gasteiger partial charge in [0.2, 0.25) is 5.96 Å². The predicted molar refractivity (Wildman–Crippen MR) is 72.6 cm³/mol. The zero-order valence-corrected chi connectivity index (χ0v) is 10.9. The minimum absolute atomic E-state index is 0.125.